The van der Waals surface area contributed by atoms with Crippen LogP contribution in [0.3, 0.4) is 0 Å². The van der Waals surface area contributed by atoms with Gasteiger partial charge < -0.3 is 19.9 Å². The van der Waals surface area contributed by atoms with Crippen LogP contribution in [-0.2, 0) is 9.84 Å². The smallest absolute Gasteiger partial charge is 0.175 e. The number of aliphatic hydroxyl groups excluding tert-OH is 1. The third kappa shape index (κ3) is 6.86. The molecule has 0 aliphatic heterocycles. The summed E-state index contributed by atoms with van der Waals surface area (Å²) in [7, 11) is -3.25. The van der Waals surface area contributed by atoms with Crippen molar-refractivity contribution in [3.8, 4) is 11.5 Å². The van der Waals surface area contributed by atoms with Crippen LogP contribution in [0, 0.1) is 13.8 Å². The summed E-state index contributed by atoms with van der Waals surface area (Å²) in [6.07, 6.45) is 0.493. The van der Waals surface area contributed by atoms with Crippen LogP contribution < -0.4 is 14.8 Å². The fourth-order valence-electron chi connectivity index (χ4n) is 2.60. The van der Waals surface area contributed by atoms with Crippen LogP contribution >= 0.6 is 0 Å². The zero-order valence-corrected chi connectivity index (χ0v) is 16.8. The summed E-state index contributed by atoms with van der Waals surface area (Å²) in [5, 5.41) is 13.1. The van der Waals surface area contributed by atoms with E-state index in [2.05, 4.69) is 5.32 Å². The first kappa shape index (κ1) is 21.2. The molecular weight excluding hydrogens is 366 g/mol. The number of hydrogen-bond acceptors (Lipinski definition) is 6. The number of para-hydroxylation sites is 1. The largest absolute Gasteiger partial charge is 0.492 e. The predicted molar refractivity (Wildman–Crippen MR) is 105 cm³/mol. The topological polar surface area (TPSA) is 84.9 Å². The molecule has 0 saturated carbocycles. The number of benzene rings is 2. The van der Waals surface area contributed by atoms with Crippen molar-refractivity contribution in [2.45, 2.75) is 24.8 Å². The fourth-order valence-corrected chi connectivity index (χ4v) is 3.56. The first-order valence-electron chi connectivity index (χ1n) is 8.78. The second-order valence-electron chi connectivity index (χ2n) is 6.48. The van der Waals surface area contributed by atoms with Crippen LogP contribution in [-0.4, -0.2) is 52.2 Å². The van der Waals surface area contributed by atoms with E-state index in [9.17, 15) is 13.5 Å². The van der Waals surface area contributed by atoms with E-state index < -0.39 is 15.9 Å². The first-order chi connectivity index (χ1) is 12.8. The SMILES string of the molecule is Cc1ccccc1OCCNCC(O)COc1ccc(S(C)(=O)=O)c(C)c1. The highest BCUT2D eigenvalue weighted by atomic mass is 32.2. The van der Waals surface area contributed by atoms with E-state index in [-0.39, 0.29) is 11.5 Å². The summed E-state index contributed by atoms with van der Waals surface area (Å²) in [6.45, 7) is 5.31. The summed E-state index contributed by atoms with van der Waals surface area (Å²) >= 11 is 0. The van der Waals surface area contributed by atoms with Crippen LogP contribution in [0.2, 0.25) is 0 Å². The molecule has 6 nitrogen and oxygen atoms in total. The molecule has 1 atom stereocenters. The number of nitrogens with one attached hydrogen (secondary N) is 1. The average molecular weight is 394 g/mol. The molecule has 27 heavy (non-hydrogen) atoms. The van der Waals surface area contributed by atoms with Crippen LogP contribution in [0.4, 0.5) is 0 Å². The van der Waals surface area contributed by atoms with E-state index in [1.807, 2.05) is 31.2 Å². The summed E-state index contributed by atoms with van der Waals surface area (Å²) in [5.41, 5.74) is 1.71. The van der Waals surface area contributed by atoms with Gasteiger partial charge in [0.15, 0.2) is 9.84 Å². The summed E-state index contributed by atoms with van der Waals surface area (Å²) in [5.74, 6) is 1.39. The van der Waals surface area contributed by atoms with Gasteiger partial charge in [0.2, 0.25) is 0 Å². The second kappa shape index (κ2) is 9.73. The monoisotopic (exact) mass is 393 g/mol. The molecule has 0 aliphatic carbocycles. The van der Waals surface area contributed by atoms with Crippen LogP contribution in [0.1, 0.15) is 11.1 Å². The van der Waals surface area contributed by atoms with E-state index in [4.69, 9.17) is 9.47 Å². The number of aliphatic hydroxyl groups is 1. The average Bonchev–Trinajstić information content (AvgIpc) is 2.60. The molecule has 0 radical (unpaired) electrons. The highest BCUT2D eigenvalue weighted by Crippen LogP contribution is 2.21. The van der Waals surface area contributed by atoms with Gasteiger partial charge in [0.05, 0.1) is 4.90 Å². The van der Waals surface area contributed by atoms with Crippen molar-refractivity contribution in [2.24, 2.45) is 0 Å². The number of aryl methyl sites for hydroxylation is 2. The summed E-state index contributed by atoms with van der Waals surface area (Å²) in [4.78, 5) is 0.283. The third-order valence-electron chi connectivity index (χ3n) is 4.00. The Morgan fingerprint density at radius 2 is 1.81 bits per heavy atom. The van der Waals surface area contributed by atoms with Gasteiger partial charge in [-0.05, 0) is 49.2 Å². The van der Waals surface area contributed by atoms with Crippen LogP contribution in [0.25, 0.3) is 0 Å². The van der Waals surface area contributed by atoms with Crippen molar-refractivity contribution >= 4 is 9.84 Å². The molecule has 0 aromatic heterocycles. The van der Waals surface area contributed by atoms with E-state index in [0.717, 1.165) is 11.3 Å². The van der Waals surface area contributed by atoms with Gasteiger partial charge in [-0.3, -0.25) is 0 Å². The highest BCUT2D eigenvalue weighted by molar-refractivity contribution is 7.90. The number of sulfone groups is 1. The molecule has 0 aliphatic rings. The Bertz CT molecular complexity index is 851. The molecule has 2 aromatic rings. The minimum Gasteiger partial charge on any atom is -0.492 e. The maximum Gasteiger partial charge on any atom is 0.175 e. The Labute approximate surface area is 161 Å². The molecule has 0 bridgehead atoms. The van der Waals surface area contributed by atoms with E-state index in [1.165, 1.54) is 12.3 Å². The zero-order valence-electron chi connectivity index (χ0n) is 15.9. The normalized spacial score (nSPS) is 12.6. The van der Waals surface area contributed by atoms with Gasteiger partial charge >= 0.3 is 0 Å². The van der Waals surface area contributed by atoms with Crippen molar-refractivity contribution in [3.63, 3.8) is 0 Å². The predicted octanol–water partition coefficient (Wildman–Crippen LogP) is 2.12. The number of hydrogen-bond donors (Lipinski definition) is 2. The molecule has 148 valence electrons. The molecule has 2 aromatic carbocycles. The lowest BCUT2D eigenvalue weighted by atomic mass is 10.2. The maximum atomic E-state index is 11.6. The van der Waals surface area contributed by atoms with E-state index in [1.54, 1.807) is 19.1 Å². The molecule has 0 saturated heterocycles. The van der Waals surface area contributed by atoms with Crippen molar-refractivity contribution in [1.29, 1.82) is 0 Å². The fraction of sp³-hybridized carbons (Fsp3) is 0.400. The molecule has 7 heteroatoms. The Kier molecular flexibility index (Phi) is 7.65. The van der Waals surface area contributed by atoms with Gasteiger partial charge in [0.25, 0.3) is 0 Å². The Morgan fingerprint density at radius 3 is 2.48 bits per heavy atom. The first-order valence-corrected chi connectivity index (χ1v) is 10.7. The molecule has 0 spiro atoms. The van der Waals surface area contributed by atoms with Crippen molar-refractivity contribution < 1.29 is 23.0 Å². The van der Waals surface area contributed by atoms with Crippen molar-refractivity contribution in [2.75, 3.05) is 32.6 Å². The van der Waals surface area contributed by atoms with Gasteiger partial charge in [-0.2, -0.15) is 0 Å². The highest BCUT2D eigenvalue weighted by Gasteiger charge is 2.12. The Hall–Kier alpha value is -2.09. The molecule has 1 unspecified atom stereocenters. The van der Waals surface area contributed by atoms with Gasteiger partial charge in [-0.15, -0.1) is 0 Å². The maximum absolute atomic E-state index is 11.6. The lowest BCUT2D eigenvalue weighted by molar-refractivity contribution is 0.105. The Morgan fingerprint density at radius 1 is 1.07 bits per heavy atom. The van der Waals surface area contributed by atoms with E-state index >= 15 is 0 Å². The van der Waals surface area contributed by atoms with Crippen LogP contribution in [0.15, 0.2) is 47.4 Å². The molecule has 2 N–H and O–H groups in total. The number of rotatable bonds is 10. The summed E-state index contributed by atoms with van der Waals surface area (Å²) in [6, 6.07) is 12.6. The standard InChI is InChI=1S/C20H27NO5S/c1-15-6-4-5-7-19(15)25-11-10-21-13-17(22)14-26-18-8-9-20(16(2)12-18)27(3,23)24/h4-9,12,17,21-22H,10-11,13-14H2,1-3H3. The Balaban J connectivity index is 1.68. The zero-order chi connectivity index (χ0) is 19.9. The van der Waals surface area contributed by atoms with Crippen molar-refractivity contribution in [3.05, 3.63) is 53.6 Å². The minimum absolute atomic E-state index is 0.114. The lowest BCUT2D eigenvalue weighted by Gasteiger charge is -2.15. The van der Waals surface area contributed by atoms with Gasteiger partial charge in [-0.25, -0.2) is 8.42 Å². The molecule has 0 heterocycles. The van der Waals surface area contributed by atoms with Crippen LogP contribution in [0.5, 0.6) is 11.5 Å². The number of ether oxygens (including phenoxy) is 2. The van der Waals surface area contributed by atoms with Gasteiger partial charge in [0.1, 0.15) is 30.8 Å². The van der Waals surface area contributed by atoms with E-state index in [0.29, 0.717) is 31.0 Å². The molecular formula is C20H27NO5S. The second-order valence-corrected chi connectivity index (χ2v) is 8.47. The van der Waals surface area contributed by atoms with Crippen molar-refractivity contribution in [1.82, 2.24) is 5.32 Å². The summed E-state index contributed by atoms with van der Waals surface area (Å²) < 4.78 is 34.4. The quantitative estimate of drug-likeness (QED) is 0.602. The molecule has 2 rings (SSSR count). The molecule has 0 amide bonds. The lowest BCUT2D eigenvalue weighted by Crippen LogP contribution is -2.33. The van der Waals surface area contributed by atoms with Gasteiger partial charge in [0, 0.05) is 19.3 Å². The molecule has 0 fully saturated rings. The van der Waals surface area contributed by atoms with Gasteiger partial charge in [-0.1, -0.05) is 18.2 Å². The minimum atomic E-state index is -3.25. The third-order valence-corrected chi connectivity index (χ3v) is 5.26.